The van der Waals surface area contributed by atoms with Crippen molar-refractivity contribution in [1.29, 1.82) is 5.26 Å². The van der Waals surface area contributed by atoms with Crippen molar-refractivity contribution in [3.05, 3.63) is 59.6 Å². The fourth-order valence-corrected chi connectivity index (χ4v) is 1.44. The molecule has 1 aromatic rings. The second-order valence-electron chi connectivity index (χ2n) is 4.50. The zero-order chi connectivity index (χ0) is 15.7. The standard InChI is InChI=1S/C17H17N3O/c1-13(9-15(3)19-11-14(2)10-18)7-8-16-5-4-6-17(12-21)20-16/h4-9,11-12,14H,1H2,2-3H3/b8-7+,15-9+,19-11?. The van der Waals surface area contributed by atoms with E-state index in [0.717, 1.165) is 11.3 Å². The minimum Gasteiger partial charge on any atom is -0.296 e. The third kappa shape index (κ3) is 6.26. The van der Waals surface area contributed by atoms with Crippen LogP contribution in [0, 0.1) is 17.2 Å². The van der Waals surface area contributed by atoms with Gasteiger partial charge in [-0.1, -0.05) is 18.7 Å². The minimum atomic E-state index is -0.215. The molecule has 0 aromatic carbocycles. The second-order valence-corrected chi connectivity index (χ2v) is 4.50. The second kappa shape index (κ2) is 8.39. The molecule has 0 saturated carbocycles. The Hall–Kier alpha value is -2.80. The van der Waals surface area contributed by atoms with E-state index in [1.54, 1.807) is 49.6 Å². The largest absolute Gasteiger partial charge is 0.296 e. The van der Waals surface area contributed by atoms with Crippen molar-refractivity contribution in [1.82, 2.24) is 4.98 Å². The van der Waals surface area contributed by atoms with Crippen LogP contribution in [0.5, 0.6) is 0 Å². The van der Waals surface area contributed by atoms with Crippen molar-refractivity contribution in [3.8, 4) is 6.07 Å². The topological polar surface area (TPSA) is 66.1 Å². The van der Waals surface area contributed by atoms with E-state index in [1.165, 1.54) is 0 Å². The number of hydrogen-bond donors (Lipinski definition) is 0. The third-order valence-electron chi connectivity index (χ3n) is 2.48. The maximum atomic E-state index is 10.6. The molecule has 1 atom stereocenters. The lowest BCUT2D eigenvalue weighted by Crippen LogP contribution is -1.90. The molecule has 0 spiro atoms. The lowest BCUT2D eigenvalue weighted by Gasteiger charge is -1.96. The van der Waals surface area contributed by atoms with Crippen molar-refractivity contribution in [2.24, 2.45) is 10.9 Å². The molecule has 1 rings (SSSR count). The molecular formula is C17H17N3O. The number of aliphatic imine (C=N–C) groups is 1. The van der Waals surface area contributed by atoms with E-state index in [1.807, 2.05) is 6.92 Å². The number of nitrogens with zero attached hydrogens (tertiary/aromatic N) is 3. The fourth-order valence-electron chi connectivity index (χ4n) is 1.44. The van der Waals surface area contributed by atoms with Gasteiger partial charge in [-0.3, -0.25) is 9.79 Å². The van der Waals surface area contributed by atoms with Crippen LogP contribution >= 0.6 is 0 Å². The predicted octanol–water partition coefficient (Wildman–Crippen LogP) is 3.60. The summed E-state index contributed by atoms with van der Waals surface area (Å²) in [7, 11) is 0. The summed E-state index contributed by atoms with van der Waals surface area (Å²) >= 11 is 0. The average Bonchev–Trinajstić information content (AvgIpc) is 2.50. The third-order valence-corrected chi connectivity index (χ3v) is 2.48. The maximum Gasteiger partial charge on any atom is 0.168 e. The van der Waals surface area contributed by atoms with E-state index in [2.05, 4.69) is 22.6 Å². The van der Waals surface area contributed by atoms with Gasteiger partial charge in [0.25, 0.3) is 0 Å². The Kier molecular flexibility index (Phi) is 6.49. The Morgan fingerprint density at radius 3 is 2.86 bits per heavy atom. The highest BCUT2D eigenvalue weighted by molar-refractivity contribution is 5.72. The van der Waals surface area contributed by atoms with Gasteiger partial charge >= 0.3 is 0 Å². The molecule has 4 nitrogen and oxygen atoms in total. The van der Waals surface area contributed by atoms with Gasteiger partial charge in [-0.2, -0.15) is 5.26 Å². The fraction of sp³-hybridized carbons (Fsp3) is 0.176. The molecule has 0 aliphatic heterocycles. The van der Waals surface area contributed by atoms with Crippen LogP contribution in [0.15, 0.2) is 53.2 Å². The Morgan fingerprint density at radius 1 is 1.48 bits per heavy atom. The van der Waals surface area contributed by atoms with Gasteiger partial charge in [-0.05, 0) is 43.7 Å². The SMILES string of the molecule is C=C(/C=C/c1cccc(C=O)n1)/C=C(\C)N=CC(C)C#N. The molecule has 0 fully saturated rings. The zero-order valence-corrected chi connectivity index (χ0v) is 12.2. The number of hydrogen-bond acceptors (Lipinski definition) is 4. The van der Waals surface area contributed by atoms with Gasteiger partial charge < -0.3 is 0 Å². The van der Waals surface area contributed by atoms with Crippen LogP contribution in [-0.4, -0.2) is 17.5 Å². The number of allylic oxidation sites excluding steroid dienone is 4. The number of pyridine rings is 1. The van der Waals surface area contributed by atoms with Crippen molar-refractivity contribution in [3.63, 3.8) is 0 Å². The molecule has 0 aliphatic rings. The molecule has 1 aromatic heterocycles. The first-order chi connectivity index (χ1) is 10.0. The maximum absolute atomic E-state index is 10.6. The van der Waals surface area contributed by atoms with Crippen LogP contribution in [0.2, 0.25) is 0 Å². The monoisotopic (exact) mass is 279 g/mol. The smallest absolute Gasteiger partial charge is 0.168 e. The highest BCUT2D eigenvalue weighted by Gasteiger charge is 1.94. The first kappa shape index (κ1) is 16.3. The summed E-state index contributed by atoms with van der Waals surface area (Å²) in [6, 6.07) is 7.31. The minimum absolute atomic E-state index is 0.215. The average molecular weight is 279 g/mol. The first-order valence-corrected chi connectivity index (χ1v) is 6.46. The molecule has 1 unspecified atom stereocenters. The molecule has 0 radical (unpaired) electrons. The highest BCUT2D eigenvalue weighted by atomic mass is 16.1. The van der Waals surface area contributed by atoms with Gasteiger partial charge in [0, 0.05) is 11.9 Å². The Labute approximate surface area is 124 Å². The van der Waals surface area contributed by atoms with Gasteiger partial charge in [0.2, 0.25) is 0 Å². The van der Waals surface area contributed by atoms with E-state index >= 15 is 0 Å². The van der Waals surface area contributed by atoms with Crippen LogP contribution in [0.4, 0.5) is 0 Å². The summed E-state index contributed by atoms with van der Waals surface area (Å²) in [5, 5.41) is 8.66. The molecular weight excluding hydrogens is 262 g/mol. The van der Waals surface area contributed by atoms with Crippen molar-refractivity contribution in [2.75, 3.05) is 0 Å². The van der Waals surface area contributed by atoms with Crippen molar-refractivity contribution >= 4 is 18.6 Å². The Balaban J connectivity index is 2.72. The van der Waals surface area contributed by atoms with Crippen LogP contribution in [0.1, 0.15) is 30.0 Å². The number of aromatic nitrogens is 1. The Bertz CT molecular complexity index is 648. The predicted molar refractivity (Wildman–Crippen MR) is 84.8 cm³/mol. The first-order valence-electron chi connectivity index (χ1n) is 6.46. The Morgan fingerprint density at radius 2 is 2.19 bits per heavy atom. The lowest BCUT2D eigenvalue weighted by atomic mass is 10.2. The molecule has 106 valence electrons. The van der Waals surface area contributed by atoms with Crippen molar-refractivity contribution < 1.29 is 4.79 Å². The number of rotatable bonds is 6. The van der Waals surface area contributed by atoms with Gasteiger partial charge in [0.15, 0.2) is 6.29 Å². The van der Waals surface area contributed by atoms with Gasteiger partial charge in [0.1, 0.15) is 5.69 Å². The van der Waals surface area contributed by atoms with E-state index < -0.39 is 0 Å². The van der Waals surface area contributed by atoms with Crippen LogP contribution in [-0.2, 0) is 0 Å². The molecule has 0 aliphatic carbocycles. The van der Waals surface area contributed by atoms with Gasteiger partial charge in [-0.25, -0.2) is 4.98 Å². The summed E-state index contributed by atoms with van der Waals surface area (Å²) in [6.45, 7) is 7.51. The van der Waals surface area contributed by atoms with Gasteiger partial charge in [0.05, 0.1) is 17.7 Å². The van der Waals surface area contributed by atoms with E-state index in [9.17, 15) is 4.79 Å². The summed E-state index contributed by atoms with van der Waals surface area (Å²) < 4.78 is 0. The van der Waals surface area contributed by atoms with E-state index in [-0.39, 0.29) is 5.92 Å². The summed E-state index contributed by atoms with van der Waals surface area (Å²) in [6.07, 6.45) is 7.68. The molecule has 0 amide bonds. The summed E-state index contributed by atoms with van der Waals surface area (Å²) in [5.74, 6) is -0.215. The normalized spacial score (nSPS) is 13.3. The molecule has 0 N–H and O–H groups in total. The van der Waals surface area contributed by atoms with Crippen LogP contribution in [0.25, 0.3) is 6.08 Å². The molecule has 1 heterocycles. The quantitative estimate of drug-likeness (QED) is 0.454. The number of carbonyl (C=O) groups excluding carboxylic acids is 1. The molecule has 0 bridgehead atoms. The van der Waals surface area contributed by atoms with Crippen LogP contribution in [0.3, 0.4) is 0 Å². The van der Waals surface area contributed by atoms with E-state index in [0.29, 0.717) is 17.7 Å². The van der Waals surface area contributed by atoms with Crippen LogP contribution < -0.4 is 0 Å². The summed E-state index contributed by atoms with van der Waals surface area (Å²) in [5.41, 5.74) is 2.60. The lowest BCUT2D eigenvalue weighted by molar-refractivity contribution is 0.111. The number of aldehydes is 1. The van der Waals surface area contributed by atoms with Crippen molar-refractivity contribution in [2.45, 2.75) is 13.8 Å². The van der Waals surface area contributed by atoms with E-state index in [4.69, 9.17) is 5.26 Å². The molecule has 21 heavy (non-hydrogen) atoms. The molecule has 0 saturated heterocycles. The zero-order valence-electron chi connectivity index (χ0n) is 12.2. The summed E-state index contributed by atoms with van der Waals surface area (Å²) in [4.78, 5) is 18.9. The number of carbonyl (C=O) groups is 1. The van der Waals surface area contributed by atoms with Gasteiger partial charge in [-0.15, -0.1) is 0 Å². The molecule has 4 heteroatoms. The highest BCUT2D eigenvalue weighted by Crippen LogP contribution is 2.07. The number of nitriles is 1.